The lowest BCUT2D eigenvalue weighted by Gasteiger charge is -2.23. The Hall–Kier alpha value is -1.79. The number of rotatable bonds is 5. The Morgan fingerprint density at radius 1 is 0.963 bits per heavy atom. The van der Waals surface area contributed by atoms with Crippen molar-refractivity contribution in [1.29, 1.82) is 0 Å². The lowest BCUT2D eigenvalue weighted by atomic mass is 10.1. The van der Waals surface area contributed by atoms with Gasteiger partial charge in [0, 0.05) is 45.2 Å². The number of nitrogens with zero attached hydrogens (tertiary/aromatic N) is 3. The van der Waals surface area contributed by atoms with Crippen molar-refractivity contribution in [2.75, 3.05) is 33.7 Å². The molecular weight excluding hydrogens is 342 g/mol. The molecule has 3 fully saturated rings. The minimum absolute atomic E-state index is 0.00742. The third-order valence-corrected chi connectivity index (χ3v) is 6.11. The number of nitrogens with one attached hydrogen (secondary N) is 2. The molecule has 2 saturated carbocycles. The predicted molar refractivity (Wildman–Crippen MR) is 106 cm³/mol. The van der Waals surface area contributed by atoms with Crippen LogP contribution in [0.25, 0.3) is 0 Å². The zero-order valence-corrected chi connectivity index (χ0v) is 16.9. The number of likely N-dealkylation sites (tertiary alicyclic amines) is 1. The summed E-state index contributed by atoms with van der Waals surface area (Å²) in [7, 11) is 3.50. The van der Waals surface area contributed by atoms with E-state index in [4.69, 9.17) is 0 Å². The Kier molecular flexibility index (Phi) is 6.96. The van der Waals surface area contributed by atoms with E-state index < -0.39 is 0 Å². The lowest BCUT2D eigenvalue weighted by Crippen LogP contribution is -2.48. The van der Waals surface area contributed by atoms with E-state index in [-0.39, 0.29) is 24.4 Å². The Balaban J connectivity index is 1.55. The number of likely N-dealkylation sites (N-methyl/N-ethyl adjacent to an activating group) is 1. The molecule has 152 valence electrons. The smallest absolute Gasteiger partial charge is 0.243 e. The molecule has 3 aliphatic rings. The van der Waals surface area contributed by atoms with Crippen molar-refractivity contribution in [3.63, 3.8) is 0 Å². The van der Waals surface area contributed by atoms with Gasteiger partial charge in [-0.25, -0.2) is 4.99 Å². The van der Waals surface area contributed by atoms with Crippen molar-refractivity contribution in [1.82, 2.24) is 20.4 Å². The minimum atomic E-state index is -0.00742. The minimum Gasteiger partial charge on any atom is -0.354 e. The summed E-state index contributed by atoms with van der Waals surface area (Å²) in [6.45, 7) is 1.70. The number of carbonyl (C=O) groups excluding carboxylic acids is 2. The van der Waals surface area contributed by atoms with Crippen molar-refractivity contribution in [3.8, 4) is 0 Å². The van der Waals surface area contributed by atoms with Crippen LogP contribution in [-0.2, 0) is 9.59 Å². The van der Waals surface area contributed by atoms with Gasteiger partial charge in [-0.15, -0.1) is 0 Å². The molecule has 7 nitrogen and oxygen atoms in total. The van der Waals surface area contributed by atoms with Crippen LogP contribution in [0.2, 0.25) is 0 Å². The monoisotopic (exact) mass is 377 g/mol. The van der Waals surface area contributed by atoms with Gasteiger partial charge in [0.05, 0.1) is 0 Å². The lowest BCUT2D eigenvalue weighted by molar-refractivity contribution is -0.134. The molecule has 2 N–H and O–H groups in total. The molecule has 1 heterocycles. The van der Waals surface area contributed by atoms with Crippen LogP contribution in [0.5, 0.6) is 0 Å². The molecule has 0 aromatic rings. The van der Waals surface area contributed by atoms with Crippen LogP contribution < -0.4 is 10.6 Å². The number of hydrogen-bond donors (Lipinski definition) is 2. The molecule has 0 bridgehead atoms. The van der Waals surface area contributed by atoms with Crippen molar-refractivity contribution in [2.24, 2.45) is 10.9 Å². The summed E-state index contributed by atoms with van der Waals surface area (Å²) in [5, 5.41) is 6.99. The molecule has 0 aromatic carbocycles. The molecule has 1 atom stereocenters. The van der Waals surface area contributed by atoms with E-state index >= 15 is 0 Å². The Morgan fingerprint density at radius 2 is 1.59 bits per heavy atom. The van der Waals surface area contributed by atoms with Crippen molar-refractivity contribution >= 4 is 17.8 Å². The van der Waals surface area contributed by atoms with Gasteiger partial charge < -0.3 is 20.4 Å². The number of aliphatic imine (C=N–C) groups is 1. The quantitative estimate of drug-likeness (QED) is 0.560. The van der Waals surface area contributed by atoms with E-state index in [1.165, 1.54) is 25.7 Å². The van der Waals surface area contributed by atoms with Crippen LogP contribution >= 0.6 is 0 Å². The first-order valence-electron chi connectivity index (χ1n) is 10.6. The maximum absolute atomic E-state index is 12.6. The number of guanidine groups is 1. The molecule has 27 heavy (non-hydrogen) atoms. The second kappa shape index (κ2) is 9.42. The van der Waals surface area contributed by atoms with E-state index in [0.717, 1.165) is 51.2 Å². The summed E-state index contributed by atoms with van der Waals surface area (Å²) in [5.41, 5.74) is 0. The van der Waals surface area contributed by atoms with Gasteiger partial charge in [0.15, 0.2) is 5.96 Å². The van der Waals surface area contributed by atoms with Crippen LogP contribution in [0.1, 0.15) is 57.8 Å². The van der Waals surface area contributed by atoms with Crippen LogP contribution in [0.3, 0.4) is 0 Å². The highest BCUT2D eigenvalue weighted by molar-refractivity contribution is 5.85. The van der Waals surface area contributed by atoms with E-state index in [9.17, 15) is 9.59 Å². The summed E-state index contributed by atoms with van der Waals surface area (Å²) in [6, 6.07) is 0.640. The fourth-order valence-corrected chi connectivity index (χ4v) is 4.39. The highest BCUT2D eigenvalue weighted by Crippen LogP contribution is 2.27. The predicted octanol–water partition coefficient (Wildman–Crippen LogP) is 1.34. The number of carbonyl (C=O) groups is 2. The fourth-order valence-electron chi connectivity index (χ4n) is 4.39. The molecule has 0 aromatic heterocycles. The Labute approximate surface area is 162 Å². The molecular formula is C20H35N5O2. The average Bonchev–Trinajstić information content (AvgIpc) is 3.40. The van der Waals surface area contributed by atoms with Gasteiger partial charge in [0.25, 0.3) is 0 Å². The Bertz CT molecular complexity index is 551. The topological polar surface area (TPSA) is 77.0 Å². The van der Waals surface area contributed by atoms with E-state index in [2.05, 4.69) is 15.6 Å². The molecule has 2 amide bonds. The molecule has 3 rings (SSSR count). The van der Waals surface area contributed by atoms with E-state index in [0.29, 0.717) is 11.9 Å². The van der Waals surface area contributed by atoms with Gasteiger partial charge in [0.1, 0.15) is 6.54 Å². The average molecular weight is 378 g/mol. The van der Waals surface area contributed by atoms with Crippen molar-refractivity contribution < 1.29 is 9.59 Å². The molecule has 1 saturated heterocycles. The third kappa shape index (κ3) is 5.59. The second-order valence-electron chi connectivity index (χ2n) is 8.47. The summed E-state index contributed by atoms with van der Waals surface area (Å²) >= 11 is 0. The molecule has 0 spiro atoms. The van der Waals surface area contributed by atoms with Gasteiger partial charge in [0.2, 0.25) is 11.8 Å². The Morgan fingerprint density at radius 3 is 2.26 bits per heavy atom. The summed E-state index contributed by atoms with van der Waals surface area (Å²) in [4.78, 5) is 32.7. The summed E-state index contributed by atoms with van der Waals surface area (Å²) in [6.07, 6.45) is 10.2. The second-order valence-corrected chi connectivity index (χ2v) is 8.47. The van der Waals surface area contributed by atoms with E-state index in [1.54, 1.807) is 19.0 Å². The maximum atomic E-state index is 12.6. The van der Waals surface area contributed by atoms with Crippen LogP contribution in [-0.4, -0.2) is 73.4 Å². The molecule has 7 heteroatoms. The first-order valence-corrected chi connectivity index (χ1v) is 10.6. The molecule has 2 aliphatic carbocycles. The highest BCUT2D eigenvalue weighted by atomic mass is 16.2. The van der Waals surface area contributed by atoms with Gasteiger partial charge >= 0.3 is 0 Å². The first kappa shape index (κ1) is 20.0. The summed E-state index contributed by atoms with van der Waals surface area (Å²) < 4.78 is 0. The van der Waals surface area contributed by atoms with Crippen LogP contribution in [0, 0.1) is 5.92 Å². The van der Waals surface area contributed by atoms with E-state index in [1.807, 2.05) is 4.90 Å². The maximum Gasteiger partial charge on any atom is 0.243 e. The largest absolute Gasteiger partial charge is 0.354 e. The first-order chi connectivity index (χ1) is 13.0. The van der Waals surface area contributed by atoms with Crippen LogP contribution in [0.4, 0.5) is 0 Å². The standard InChI is InChI=1S/C20H35N5O2/c1-24(2)18(26)13-21-20(22-16-9-5-6-10-16)23-17-11-12-25(14-17)19(27)15-7-3-4-8-15/h15-17H,3-14H2,1-2H3,(H2,21,22,23). The SMILES string of the molecule is CN(C)C(=O)CN=C(NC1CCCC1)NC1CCN(C(=O)C2CCCC2)C1. The van der Waals surface area contributed by atoms with Gasteiger partial charge in [-0.05, 0) is 32.1 Å². The number of amides is 2. The zero-order valence-electron chi connectivity index (χ0n) is 16.9. The van der Waals surface area contributed by atoms with Crippen molar-refractivity contribution in [3.05, 3.63) is 0 Å². The molecule has 0 radical (unpaired) electrons. The highest BCUT2D eigenvalue weighted by Gasteiger charge is 2.32. The fraction of sp³-hybridized carbons (Fsp3) is 0.850. The molecule has 1 unspecified atom stereocenters. The summed E-state index contributed by atoms with van der Waals surface area (Å²) in [5.74, 6) is 1.29. The third-order valence-electron chi connectivity index (χ3n) is 6.11. The van der Waals surface area contributed by atoms with Gasteiger partial charge in [-0.2, -0.15) is 0 Å². The van der Waals surface area contributed by atoms with Gasteiger partial charge in [-0.1, -0.05) is 25.7 Å². The van der Waals surface area contributed by atoms with Crippen molar-refractivity contribution in [2.45, 2.75) is 69.9 Å². The molecule has 1 aliphatic heterocycles. The zero-order chi connectivity index (χ0) is 19.2. The number of hydrogen-bond acceptors (Lipinski definition) is 3. The normalized spacial score (nSPS) is 24.4. The van der Waals surface area contributed by atoms with Gasteiger partial charge in [-0.3, -0.25) is 9.59 Å². The van der Waals surface area contributed by atoms with Crippen LogP contribution in [0.15, 0.2) is 4.99 Å².